The zero-order chi connectivity index (χ0) is 25.2. The molecule has 3 aromatic carbocycles. The lowest BCUT2D eigenvalue weighted by molar-refractivity contribution is 0.859. The standard InChI is InChI=1S/C27H22N10/c1-18-24(34-31-21-14-8-4-9-15-21)36-26(28-18)23(33-30-20-12-6-3-7-13-20)27-29-19(2)25(37(27)36)35-32-22-16-10-5-11-17-22/h3-17,30H,1-2H3. The minimum Gasteiger partial charge on any atom is -0.278 e. The molecule has 0 aliphatic heterocycles. The van der Waals surface area contributed by atoms with Crippen LogP contribution in [0.1, 0.15) is 11.4 Å². The lowest BCUT2D eigenvalue weighted by Gasteiger charge is -1.99. The van der Waals surface area contributed by atoms with Gasteiger partial charge in [0.2, 0.25) is 0 Å². The van der Waals surface area contributed by atoms with Gasteiger partial charge in [-0.25, -0.2) is 19.0 Å². The van der Waals surface area contributed by atoms with Crippen molar-refractivity contribution < 1.29 is 0 Å². The van der Waals surface area contributed by atoms with Gasteiger partial charge < -0.3 is 0 Å². The number of aromatic nitrogens is 4. The number of azo groups is 2. The van der Waals surface area contributed by atoms with E-state index in [0.717, 1.165) is 17.1 Å². The molecule has 0 aliphatic rings. The van der Waals surface area contributed by atoms with Crippen LogP contribution in [0.15, 0.2) is 117 Å². The van der Waals surface area contributed by atoms with Gasteiger partial charge in [0, 0.05) is 0 Å². The van der Waals surface area contributed by atoms with Crippen molar-refractivity contribution in [3.8, 4) is 0 Å². The van der Waals surface area contributed by atoms with Crippen LogP contribution in [0.25, 0.3) is 11.3 Å². The Morgan fingerprint density at radius 2 is 1.00 bits per heavy atom. The van der Waals surface area contributed by atoms with Crippen molar-refractivity contribution in [2.75, 3.05) is 5.43 Å². The quantitative estimate of drug-likeness (QED) is 0.207. The number of anilines is 1. The fraction of sp³-hybridized carbons (Fsp3) is 0.0741. The number of nitrogens with one attached hydrogen (secondary N) is 1. The van der Waals surface area contributed by atoms with Crippen LogP contribution < -0.4 is 10.8 Å². The third kappa shape index (κ3) is 4.20. The van der Waals surface area contributed by atoms with E-state index < -0.39 is 0 Å². The SMILES string of the molecule is Cc1nc2c(=NNc3ccccc3)c3nc(C)c(N=Nc4ccccc4)n3n2c1N=Nc1ccccc1. The first-order valence-corrected chi connectivity index (χ1v) is 11.7. The number of fused-ring (bicyclic) bond motifs is 3. The number of hydrogen-bond donors (Lipinski definition) is 1. The van der Waals surface area contributed by atoms with Crippen molar-refractivity contribution in [1.29, 1.82) is 0 Å². The number of imidazole rings is 2. The minimum absolute atomic E-state index is 0.554. The van der Waals surface area contributed by atoms with Crippen molar-refractivity contribution in [1.82, 2.24) is 19.0 Å². The first kappa shape index (κ1) is 22.2. The summed E-state index contributed by atoms with van der Waals surface area (Å²) in [6.07, 6.45) is 0. The Morgan fingerprint density at radius 3 is 1.46 bits per heavy atom. The summed E-state index contributed by atoms with van der Waals surface area (Å²) in [5, 5.41) is 23.2. The third-order valence-electron chi connectivity index (χ3n) is 5.72. The molecule has 0 aliphatic carbocycles. The molecule has 10 heteroatoms. The molecule has 0 saturated carbocycles. The van der Waals surface area contributed by atoms with Crippen molar-refractivity contribution in [2.45, 2.75) is 13.8 Å². The maximum absolute atomic E-state index is 4.78. The first-order valence-electron chi connectivity index (χ1n) is 11.7. The highest BCUT2D eigenvalue weighted by Gasteiger charge is 2.23. The molecule has 0 unspecified atom stereocenters. The van der Waals surface area contributed by atoms with Gasteiger partial charge in [0.15, 0.2) is 28.3 Å². The van der Waals surface area contributed by atoms with E-state index in [4.69, 9.17) is 9.97 Å². The van der Waals surface area contributed by atoms with Crippen LogP contribution in [-0.2, 0) is 0 Å². The van der Waals surface area contributed by atoms with Gasteiger partial charge >= 0.3 is 0 Å². The number of aryl methyl sites for hydroxylation is 2. The molecule has 0 saturated heterocycles. The molecule has 0 atom stereocenters. The van der Waals surface area contributed by atoms with Gasteiger partial charge in [-0.1, -0.05) is 54.6 Å². The summed E-state index contributed by atoms with van der Waals surface area (Å²) in [4.78, 5) is 9.56. The number of benzene rings is 3. The number of para-hydroxylation sites is 1. The van der Waals surface area contributed by atoms with E-state index in [-0.39, 0.29) is 0 Å². The molecule has 6 aromatic rings. The van der Waals surface area contributed by atoms with E-state index in [1.807, 2.05) is 114 Å². The Kier molecular flexibility index (Phi) is 5.66. The molecule has 1 N–H and O–H groups in total. The predicted octanol–water partition coefficient (Wildman–Crippen LogP) is 6.80. The van der Waals surface area contributed by atoms with E-state index in [1.54, 1.807) is 0 Å². The third-order valence-corrected chi connectivity index (χ3v) is 5.72. The molecule has 10 nitrogen and oxygen atoms in total. The number of nitrogens with zero attached hydrogens (tertiary/aromatic N) is 9. The second-order valence-electron chi connectivity index (χ2n) is 8.32. The summed E-state index contributed by atoms with van der Waals surface area (Å²) in [7, 11) is 0. The van der Waals surface area contributed by atoms with Crippen molar-refractivity contribution >= 4 is 40.0 Å². The molecule has 3 aromatic heterocycles. The van der Waals surface area contributed by atoms with Gasteiger partial charge in [-0.2, -0.15) is 5.10 Å². The Morgan fingerprint density at radius 1 is 0.568 bits per heavy atom. The summed E-state index contributed by atoms with van der Waals surface area (Å²) in [6, 6.07) is 28.8. The average molecular weight is 487 g/mol. The molecule has 0 fully saturated rings. The maximum atomic E-state index is 4.78. The van der Waals surface area contributed by atoms with Gasteiger partial charge in [-0.3, -0.25) is 5.43 Å². The molecule has 0 radical (unpaired) electrons. The van der Waals surface area contributed by atoms with Crippen LogP contribution in [-0.4, -0.2) is 19.0 Å². The van der Waals surface area contributed by atoms with Crippen LogP contribution in [0, 0.1) is 13.8 Å². The van der Waals surface area contributed by atoms with Crippen LogP contribution in [0.3, 0.4) is 0 Å². The second kappa shape index (κ2) is 9.42. The van der Waals surface area contributed by atoms with Crippen molar-refractivity contribution in [3.63, 3.8) is 0 Å². The van der Waals surface area contributed by atoms with Gasteiger partial charge in [-0.05, 0) is 50.2 Å². The molecule has 6 rings (SSSR count). The van der Waals surface area contributed by atoms with Crippen LogP contribution in [0.5, 0.6) is 0 Å². The minimum atomic E-state index is 0.554. The average Bonchev–Trinajstić information content (AvgIpc) is 3.52. The Labute approximate surface area is 211 Å². The molecule has 180 valence electrons. The van der Waals surface area contributed by atoms with Crippen molar-refractivity contribution in [2.24, 2.45) is 25.6 Å². The van der Waals surface area contributed by atoms with E-state index >= 15 is 0 Å². The molecular formula is C27H22N10. The number of rotatable bonds is 6. The summed E-state index contributed by atoms with van der Waals surface area (Å²) < 4.78 is 3.67. The summed E-state index contributed by atoms with van der Waals surface area (Å²) >= 11 is 0. The largest absolute Gasteiger partial charge is 0.278 e. The Hall–Kier alpha value is -5.25. The van der Waals surface area contributed by atoms with Gasteiger partial charge in [-0.15, -0.1) is 20.5 Å². The predicted molar refractivity (Wildman–Crippen MR) is 141 cm³/mol. The van der Waals surface area contributed by atoms with E-state index in [9.17, 15) is 0 Å². The Bertz CT molecular complexity index is 1690. The van der Waals surface area contributed by atoms with E-state index in [2.05, 4.69) is 31.0 Å². The Balaban J connectivity index is 1.58. The molecule has 0 bridgehead atoms. The van der Waals surface area contributed by atoms with E-state index in [1.165, 1.54) is 0 Å². The highest BCUT2D eigenvalue weighted by atomic mass is 15.5. The highest BCUT2D eigenvalue weighted by Crippen LogP contribution is 2.29. The smallest absolute Gasteiger partial charge is 0.198 e. The summed E-state index contributed by atoms with van der Waals surface area (Å²) in [5.74, 6) is 1.11. The fourth-order valence-corrected chi connectivity index (χ4v) is 3.97. The topological polar surface area (TPSA) is 108 Å². The van der Waals surface area contributed by atoms with Crippen LogP contribution in [0.2, 0.25) is 0 Å². The molecular weight excluding hydrogens is 464 g/mol. The zero-order valence-electron chi connectivity index (χ0n) is 20.2. The monoisotopic (exact) mass is 486 g/mol. The zero-order valence-corrected chi connectivity index (χ0v) is 20.2. The van der Waals surface area contributed by atoms with Gasteiger partial charge in [0.1, 0.15) is 0 Å². The molecule has 0 amide bonds. The summed E-state index contributed by atoms with van der Waals surface area (Å²) in [6.45, 7) is 3.78. The summed E-state index contributed by atoms with van der Waals surface area (Å²) in [5.41, 5.74) is 8.00. The number of hydrogen-bond acceptors (Lipinski definition) is 8. The lowest BCUT2D eigenvalue weighted by atomic mass is 10.3. The molecule has 0 spiro atoms. The van der Waals surface area contributed by atoms with Crippen molar-refractivity contribution in [3.05, 3.63) is 108 Å². The van der Waals surface area contributed by atoms with Crippen LogP contribution in [0.4, 0.5) is 28.7 Å². The highest BCUT2D eigenvalue weighted by molar-refractivity contribution is 5.64. The fourth-order valence-electron chi connectivity index (χ4n) is 3.97. The normalized spacial score (nSPS) is 11.8. The van der Waals surface area contributed by atoms with Crippen LogP contribution >= 0.6 is 0 Å². The maximum Gasteiger partial charge on any atom is 0.198 e. The second-order valence-corrected chi connectivity index (χ2v) is 8.32. The van der Waals surface area contributed by atoms with Gasteiger partial charge in [0.05, 0.1) is 28.5 Å². The van der Waals surface area contributed by atoms with Gasteiger partial charge in [0.25, 0.3) is 0 Å². The van der Waals surface area contributed by atoms with E-state index in [0.29, 0.717) is 39.7 Å². The molecule has 37 heavy (non-hydrogen) atoms. The lowest BCUT2D eigenvalue weighted by Crippen LogP contribution is -2.06. The first-order chi connectivity index (χ1) is 18.2. The molecule has 3 heterocycles.